The molecule has 11 heteroatoms. The standard InChI is InChI=1S/C22H43NO10/c1-5-32-20(24)6-8-26-10-12-28-14-16-30-18-19-31-17-15-29-13-11-27-9-7-23-21(25)33-22(2,3)4/h5-19H2,1-4H3,(H,23,25). The van der Waals surface area contributed by atoms with Crippen LogP contribution in [0.15, 0.2) is 0 Å². The van der Waals surface area contributed by atoms with Crippen molar-refractivity contribution in [3.05, 3.63) is 0 Å². The Morgan fingerprint density at radius 1 is 0.636 bits per heavy atom. The number of carbonyl (C=O) groups excluding carboxylic acids is 2. The van der Waals surface area contributed by atoms with Crippen LogP contribution in [0.4, 0.5) is 4.79 Å². The molecule has 0 saturated carbocycles. The third-order valence-electron chi connectivity index (χ3n) is 3.53. The van der Waals surface area contributed by atoms with Crippen LogP contribution in [0.1, 0.15) is 34.1 Å². The molecule has 196 valence electrons. The SMILES string of the molecule is CCOC(=O)CCOCCOCCOCCOCCOCCOCCNC(=O)OC(C)(C)C. The van der Waals surface area contributed by atoms with Gasteiger partial charge in [-0.1, -0.05) is 0 Å². The summed E-state index contributed by atoms with van der Waals surface area (Å²) >= 11 is 0. The number of nitrogens with one attached hydrogen (secondary N) is 1. The summed E-state index contributed by atoms with van der Waals surface area (Å²) < 4.78 is 42.1. The van der Waals surface area contributed by atoms with Crippen LogP contribution in [-0.2, 0) is 42.7 Å². The molecule has 0 fully saturated rings. The normalized spacial score (nSPS) is 11.4. The van der Waals surface area contributed by atoms with Gasteiger partial charge in [0.05, 0.1) is 92.3 Å². The lowest BCUT2D eigenvalue weighted by Crippen LogP contribution is -2.34. The molecular formula is C22H43NO10. The highest BCUT2D eigenvalue weighted by atomic mass is 16.6. The maximum atomic E-state index is 11.4. The minimum atomic E-state index is -0.508. The largest absolute Gasteiger partial charge is 0.466 e. The van der Waals surface area contributed by atoms with Gasteiger partial charge in [-0.2, -0.15) is 0 Å². The molecule has 0 rings (SSSR count). The predicted octanol–water partition coefficient (Wildman–Crippen LogP) is 1.56. The van der Waals surface area contributed by atoms with Crippen molar-refractivity contribution in [3.63, 3.8) is 0 Å². The van der Waals surface area contributed by atoms with Crippen molar-refractivity contribution in [2.45, 2.75) is 39.7 Å². The average Bonchev–Trinajstić information content (AvgIpc) is 2.73. The maximum Gasteiger partial charge on any atom is 0.407 e. The first-order chi connectivity index (χ1) is 15.8. The number of rotatable bonds is 22. The molecule has 0 aliphatic rings. The van der Waals surface area contributed by atoms with Gasteiger partial charge in [0, 0.05) is 6.54 Å². The molecular weight excluding hydrogens is 438 g/mol. The second-order valence-electron chi connectivity index (χ2n) is 7.66. The Hall–Kier alpha value is -1.50. The van der Waals surface area contributed by atoms with Crippen LogP contribution in [-0.4, -0.2) is 110 Å². The van der Waals surface area contributed by atoms with Crippen LogP contribution >= 0.6 is 0 Å². The van der Waals surface area contributed by atoms with Gasteiger partial charge in [-0.25, -0.2) is 4.79 Å². The van der Waals surface area contributed by atoms with Crippen LogP contribution in [0, 0.1) is 0 Å². The van der Waals surface area contributed by atoms with E-state index in [-0.39, 0.29) is 12.4 Å². The van der Waals surface area contributed by atoms with Crippen molar-refractivity contribution >= 4 is 12.1 Å². The van der Waals surface area contributed by atoms with E-state index in [2.05, 4.69) is 5.32 Å². The van der Waals surface area contributed by atoms with Gasteiger partial charge in [-0.05, 0) is 27.7 Å². The zero-order chi connectivity index (χ0) is 24.6. The average molecular weight is 482 g/mol. The first-order valence-corrected chi connectivity index (χ1v) is 11.4. The van der Waals surface area contributed by atoms with Gasteiger partial charge in [-0.15, -0.1) is 0 Å². The number of alkyl carbamates (subject to hydrolysis) is 1. The van der Waals surface area contributed by atoms with Crippen LogP contribution in [0.2, 0.25) is 0 Å². The Balaban J connectivity index is 3.14. The zero-order valence-electron chi connectivity index (χ0n) is 20.7. The van der Waals surface area contributed by atoms with Gasteiger partial charge in [0.15, 0.2) is 0 Å². The van der Waals surface area contributed by atoms with Crippen molar-refractivity contribution < 1.29 is 47.5 Å². The van der Waals surface area contributed by atoms with Gasteiger partial charge in [-0.3, -0.25) is 4.79 Å². The Morgan fingerprint density at radius 3 is 1.42 bits per heavy atom. The van der Waals surface area contributed by atoms with E-state index in [0.29, 0.717) is 92.4 Å². The van der Waals surface area contributed by atoms with Gasteiger partial charge in [0.2, 0.25) is 0 Å². The molecule has 33 heavy (non-hydrogen) atoms. The van der Waals surface area contributed by atoms with E-state index in [9.17, 15) is 9.59 Å². The number of esters is 1. The fourth-order valence-corrected chi connectivity index (χ4v) is 2.13. The Bertz CT molecular complexity index is 471. The molecule has 11 nitrogen and oxygen atoms in total. The summed E-state index contributed by atoms with van der Waals surface area (Å²) in [7, 11) is 0. The van der Waals surface area contributed by atoms with Crippen LogP contribution in [0.5, 0.6) is 0 Å². The van der Waals surface area contributed by atoms with E-state index in [4.69, 9.17) is 37.9 Å². The van der Waals surface area contributed by atoms with Crippen LogP contribution < -0.4 is 5.32 Å². The maximum absolute atomic E-state index is 11.4. The number of carbonyl (C=O) groups is 2. The van der Waals surface area contributed by atoms with E-state index in [0.717, 1.165) is 0 Å². The van der Waals surface area contributed by atoms with Gasteiger partial charge < -0.3 is 43.2 Å². The Labute approximate surface area is 197 Å². The molecule has 0 saturated heterocycles. The lowest BCUT2D eigenvalue weighted by molar-refractivity contribution is -0.144. The molecule has 0 aliphatic heterocycles. The molecule has 0 bridgehead atoms. The lowest BCUT2D eigenvalue weighted by Gasteiger charge is -2.19. The highest BCUT2D eigenvalue weighted by Crippen LogP contribution is 2.06. The zero-order valence-corrected chi connectivity index (χ0v) is 20.7. The van der Waals surface area contributed by atoms with Crippen molar-refractivity contribution in [1.29, 1.82) is 0 Å². The molecule has 0 unspecified atom stereocenters. The van der Waals surface area contributed by atoms with Crippen molar-refractivity contribution in [2.75, 3.05) is 92.4 Å². The number of amides is 1. The second kappa shape index (κ2) is 22.3. The summed E-state index contributed by atoms with van der Waals surface area (Å²) in [6.07, 6.45) is -0.199. The van der Waals surface area contributed by atoms with E-state index in [1.807, 2.05) is 20.8 Å². The predicted molar refractivity (Wildman–Crippen MR) is 120 cm³/mol. The molecule has 0 aliphatic carbocycles. The number of hydrogen-bond donors (Lipinski definition) is 1. The molecule has 0 aromatic carbocycles. The first kappa shape index (κ1) is 31.5. The second-order valence-corrected chi connectivity index (χ2v) is 7.66. The summed E-state index contributed by atoms with van der Waals surface area (Å²) in [5, 5.41) is 2.62. The highest BCUT2D eigenvalue weighted by Gasteiger charge is 2.15. The molecule has 0 aromatic heterocycles. The monoisotopic (exact) mass is 481 g/mol. The Morgan fingerprint density at radius 2 is 1.03 bits per heavy atom. The lowest BCUT2D eigenvalue weighted by atomic mass is 10.2. The summed E-state index contributed by atoms with van der Waals surface area (Å²) in [5.41, 5.74) is -0.508. The summed E-state index contributed by atoms with van der Waals surface area (Å²) in [6, 6.07) is 0. The first-order valence-electron chi connectivity index (χ1n) is 11.4. The molecule has 0 spiro atoms. The number of ether oxygens (including phenoxy) is 8. The van der Waals surface area contributed by atoms with Gasteiger partial charge >= 0.3 is 12.1 Å². The summed E-state index contributed by atoms with van der Waals surface area (Å²) in [6.45, 7) is 13.3. The minimum Gasteiger partial charge on any atom is -0.466 e. The van der Waals surface area contributed by atoms with E-state index in [1.165, 1.54) is 0 Å². The van der Waals surface area contributed by atoms with Crippen molar-refractivity contribution in [2.24, 2.45) is 0 Å². The molecule has 0 aromatic rings. The third-order valence-corrected chi connectivity index (χ3v) is 3.53. The number of hydrogen-bond acceptors (Lipinski definition) is 10. The quantitative estimate of drug-likeness (QED) is 0.180. The van der Waals surface area contributed by atoms with E-state index in [1.54, 1.807) is 6.92 Å². The third kappa shape index (κ3) is 26.6. The van der Waals surface area contributed by atoms with E-state index < -0.39 is 11.7 Å². The topological polar surface area (TPSA) is 120 Å². The molecule has 1 amide bonds. The highest BCUT2D eigenvalue weighted by molar-refractivity contribution is 5.69. The van der Waals surface area contributed by atoms with Crippen molar-refractivity contribution in [3.8, 4) is 0 Å². The Kier molecular flexibility index (Phi) is 21.3. The summed E-state index contributed by atoms with van der Waals surface area (Å²) in [4.78, 5) is 22.5. The smallest absolute Gasteiger partial charge is 0.407 e. The van der Waals surface area contributed by atoms with E-state index >= 15 is 0 Å². The van der Waals surface area contributed by atoms with Gasteiger partial charge in [0.25, 0.3) is 0 Å². The molecule has 1 N–H and O–H groups in total. The molecule has 0 radical (unpaired) electrons. The van der Waals surface area contributed by atoms with Crippen molar-refractivity contribution in [1.82, 2.24) is 5.32 Å². The molecule has 0 heterocycles. The summed E-state index contributed by atoms with van der Waals surface area (Å²) in [5.74, 6) is -0.254. The molecule has 0 atom stereocenters. The van der Waals surface area contributed by atoms with Crippen LogP contribution in [0.3, 0.4) is 0 Å². The minimum absolute atomic E-state index is 0.254. The van der Waals surface area contributed by atoms with Crippen LogP contribution in [0.25, 0.3) is 0 Å². The fraction of sp³-hybridized carbons (Fsp3) is 0.909. The van der Waals surface area contributed by atoms with Gasteiger partial charge in [0.1, 0.15) is 5.60 Å². The fourth-order valence-electron chi connectivity index (χ4n) is 2.13.